The molecule has 0 aromatic rings. The fourth-order valence-corrected chi connectivity index (χ4v) is 6.79. The molecule has 144 valence electrons. The number of carbonyl (C=O) groups is 1. The minimum absolute atomic E-state index is 0.0618. The zero-order valence-electron chi connectivity index (χ0n) is 16.1. The summed E-state index contributed by atoms with van der Waals surface area (Å²) in [5.74, 6) is 0.810. The SMILES string of the molecule is CC(=O)O[C@H]1CC[C@@]2(C)C(=C/C(=N\O)C3C2CC[C@@]2(C)C3CC[C@@H]2O)C1. The molecule has 0 heterocycles. The number of hydrogen-bond donors (Lipinski definition) is 2. The Kier molecular flexibility index (Phi) is 4.22. The summed E-state index contributed by atoms with van der Waals surface area (Å²) in [7, 11) is 0. The van der Waals surface area contributed by atoms with Gasteiger partial charge in [0, 0.05) is 19.3 Å². The minimum atomic E-state index is -0.244. The van der Waals surface area contributed by atoms with Crippen molar-refractivity contribution in [3.63, 3.8) is 0 Å². The zero-order chi connectivity index (χ0) is 18.7. The van der Waals surface area contributed by atoms with Crippen LogP contribution in [0.25, 0.3) is 0 Å². The lowest BCUT2D eigenvalue weighted by molar-refractivity contribution is -0.148. The number of rotatable bonds is 1. The highest BCUT2D eigenvalue weighted by molar-refractivity contribution is 5.99. The molecule has 5 heteroatoms. The van der Waals surface area contributed by atoms with Gasteiger partial charge in [-0.05, 0) is 67.3 Å². The number of esters is 1. The first-order valence-electron chi connectivity index (χ1n) is 10.1. The Morgan fingerprint density at radius 1 is 1.19 bits per heavy atom. The number of carbonyl (C=O) groups excluding carboxylic acids is 1. The maximum atomic E-state index is 11.4. The highest BCUT2D eigenvalue weighted by atomic mass is 16.5. The normalized spacial score (nSPS) is 49.0. The molecule has 26 heavy (non-hydrogen) atoms. The first kappa shape index (κ1) is 18.0. The Balaban J connectivity index is 1.70. The van der Waals surface area contributed by atoms with E-state index in [0.717, 1.165) is 50.7 Å². The lowest BCUT2D eigenvalue weighted by atomic mass is 9.47. The largest absolute Gasteiger partial charge is 0.462 e. The van der Waals surface area contributed by atoms with E-state index in [1.807, 2.05) is 0 Å². The molecule has 3 fully saturated rings. The number of aliphatic hydroxyl groups excluding tert-OH is 1. The van der Waals surface area contributed by atoms with Gasteiger partial charge in [-0.1, -0.05) is 24.6 Å². The van der Waals surface area contributed by atoms with Gasteiger partial charge >= 0.3 is 5.97 Å². The molecule has 5 nitrogen and oxygen atoms in total. The number of oxime groups is 1. The molecule has 0 amide bonds. The van der Waals surface area contributed by atoms with Crippen LogP contribution in [0.4, 0.5) is 0 Å². The van der Waals surface area contributed by atoms with Gasteiger partial charge in [0.05, 0.1) is 11.8 Å². The van der Waals surface area contributed by atoms with Crippen LogP contribution < -0.4 is 0 Å². The molecule has 3 saturated carbocycles. The summed E-state index contributed by atoms with van der Waals surface area (Å²) < 4.78 is 5.47. The fraction of sp³-hybridized carbons (Fsp3) is 0.810. The summed E-state index contributed by atoms with van der Waals surface area (Å²) >= 11 is 0. The van der Waals surface area contributed by atoms with Crippen molar-refractivity contribution >= 4 is 11.7 Å². The van der Waals surface area contributed by atoms with Crippen LogP contribution in [0, 0.1) is 28.6 Å². The quantitative estimate of drug-likeness (QED) is 0.424. The van der Waals surface area contributed by atoms with Crippen molar-refractivity contribution < 1.29 is 19.8 Å². The van der Waals surface area contributed by atoms with Gasteiger partial charge in [0.25, 0.3) is 0 Å². The summed E-state index contributed by atoms with van der Waals surface area (Å²) in [6.07, 6.45) is 8.36. The lowest BCUT2D eigenvalue weighted by Crippen LogP contribution is -2.54. The molecule has 0 aromatic carbocycles. The minimum Gasteiger partial charge on any atom is -0.462 e. The Bertz CT molecular complexity index is 671. The molecule has 0 aromatic heterocycles. The van der Waals surface area contributed by atoms with Gasteiger partial charge in [-0.2, -0.15) is 0 Å². The molecule has 3 unspecified atom stereocenters. The van der Waals surface area contributed by atoms with Crippen molar-refractivity contribution in [2.24, 2.45) is 33.7 Å². The molecule has 0 saturated heterocycles. The van der Waals surface area contributed by atoms with Crippen LogP contribution in [-0.2, 0) is 9.53 Å². The van der Waals surface area contributed by atoms with E-state index in [1.54, 1.807) is 0 Å². The molecule has 0 aliphatic heterocycles. The van der Waals surface area contributed by atoms with Crippen molar-refractivity contribution in [2.75, 3.05) is 0 Å². The number of aliphatic hydroxyl groups is 1. The summed E-state index contributed by atoms with van der Waals surface area (Å²) in [5, 5.41) is 24.1. The second-order valence-electron chi connectivity index (χ2n) is 9.46. The highest BCUT2D eigenvalue weighted by Gasteiger charge is 2.60. The topological polar surface area (TPSA) is 79.1 Å². The van der Waals surface area contributed by atoms with Crippen LogP contribution in [0.5, 0.6) is 0 Å². The van der Waals surface area contributed by atoms with Crippen molar-refractivity contribution in [1.29, 1.82) is 0 Å². The summed E-state index contributed by atoms with van der Waals surface area (Å²) in [6.45, 7) is 6.04. The molecular formula is C21H31NO4. The average Bonchev–Trinajstić information content (AvgIpc) is 2.89. The first-order valence-corrected chi connectivity index (χ1v) is 10.1. The Morgan fingerprint density at radius 2 is 1.96 bits per heavy atom. The fourth-order valence-electron chi connectivity index (χ4n) is 6.79. The van der Waals surface area contributed by atoms with Crippen LogP contribution in [0.1, 0.15) is 65.7 Å². The first-order chi connectivity index (χ1) is 12.3. The van der Waals surface area contributed by atoms with E-state index in [2.05, 4.69) is 25.1 Å². The van der Waals surface area contributed by atoms with Crippen LogP contribution in [0.2, 0.25) is 0 Å². The third-order valence-corrected chi connectivity index (χ3v) is 8.32. The summed E-state index contributed by atoms with van der Waals surface area (Å²) in [6, 6.07) is 0. The Labute approximate surface area is 155 Å². The van der Waals surface area contributed by atoms with Crippen LogP contribution in [-0.4, -0.2) is 34.2 Å². The molecule has 4 aliphatic rings. The lowest BCUT2D eigenvalue weighted by Gasteiger charge is -2.57. The van der Waals surface area contributed by atoms with E-state index in [9.17, 15) is 15.1 Å². The molecule has 0 spiro atoms. The van der Waals surface area contributed by atoms with Crippen molar-refractivity contribution in [3.8, 4) is 0 Å². The third-order valence-electron chi connectivity index (χ3n) is 8.32. The molecule has 0 radical (unpaired) electrons. The van der Waals surface area contributed by atoms with Crippen LogP contribution >= 0.6 is 0 Å². The van der Waals surface area contributed by atoms with E-state index in [4.69, 9.17) is 4.74 Å². The molecule has 7 atom stereocenters. The molecule has 2 N–H and O–H groups in total. The predicted molar refractivity (Wildman–Crippen MR) is 97.9 cm³/mol. The number of ether oxygens (including phenoxy) is 1. The third kappa shape index (κ3) is 2.46. The van der Waals surface area contributed by atoms with Crippen molar-refractivity contribution in [2.45, 2.75) is 77.9 Å². The molecule has 4 aliphatic carbocycles. The maximum Gasteiger partial charge on any atom is 0.302 e. The van der Waals surface area contributed by atoms with E-state index < -0.39 is 0 Å². The van der Waals surface area contributed by atoms with Crippen LogP contribution in [0.15, 0.2) is 16.8 Å². The standard InChI is InChI=1S/C21H31NO4/c1-12(23)26-14-6-8-20(2)13(10-14)11-17(22-25)19-15-4-5-18(24)21(15,3)9-7-16(19)20/h11,14-16,18-19,24-25H,4-10H2,1-3H3/b22-17+/t14-,15?,16?,18-,19?,20-,21-/m0/s1. The summed E-state index contributed by atoms with van der Waals surface area (Å²) in [4.78, 5) is 11.4. The second-order valence-corrected chi connectivity index (χ2v) is 9.46. The van der Waals surface area contributed by atoms with Crippen LogP contribution in [0.3, 0.4) is 0 Å². The van der Waals surface area contributed by atoms with Crippen molar-refractivity contribution in [1.82, 2.24) is 0 Å². The average molecular weight is 361 g/mol. The van der Waals surface area contributed by atoms with E-state index in [-0.39, 0.29) is 34.9 Å². The van der Waals surface area contributed by atoms with Gasteiger partial charge in [0.2, 0.25) is 0 Å². The van der Waals surface area contributed by atoms with E-state index >= 15 is 0 Å². The van der Waals surface area contributed by atoms with E-state index in [1.165, 1.54) is 12.5 Å². The smallest absolute Gasteiger partial charge is 0.302 e. The van der Waals surface area contributed by atoms with Gasteiger partial charge in [-0.15, -0.1) is 0 Å². The van der Waals surface area contributed by atoms with Crippen molar-refractivity contribution in [3.05, 3.63) is 11.6 Å². The number of nitrogens with zero attached hydrogens (tertiary/aromatic N) is 1. The number of allylic oxidation sites excluding steroid dienone is 1. The second kappa shape index (κ2) is 6.08. The zero-order valence-corrected chi connectivity index (χ0v) is 16.1. The summed E-state index contributed by atoms with van der Waals surface area (Å²) in [5.41, 5.74) is 2.06. The predicted octanol–water partition coefficient (Wildman–Crippen LogP) is 3.68. The van der Waals surface area contributed by atoms with Gasteiger partial charge in [0.15, 0.2) is 0 Å². The Hall–Kier alpha value is -1.36. The molecule has 0 bridgehead atoms. The number of hydrogen-bond acceptors (Lipinski definition) is 5. The van der Waals surface area contributed by atoms with Gasteiger partial charge in [-0.25, -0.2) is 0 Å². The van der Waals surface area contributed by atoms with E-state index in [0.29, 0.717) is 11.8 Å². The molecule has 4 rings (SSSR count). The highest BCUT2D eigenvalue weighted by Crippen LogP contribution is 2.64. The monoisotopic (exact) mass is 361 g/mol. The van der Waals surface area contributed by atoms with Gasteiger partial charge in [-0.3, -0.25) is 4.79 Å². The maximum absolute atomic E-state index is 11.4. The Morgan fingerprint density at radius 3 is 2.65 bits per heavy atom. The van der Waals surface area contributed by atoms with Gasteiger partial charge in [0.1, 0.15) is 6.10 Å². The van der Waals surface area contributed by atoms with Gasteiger partial charge < -0.3 is 15.1 Å². The molecular weight excluding hydrogens is 330 g/mol. The number of fused-ring (bicyclic) bond motifs is 5.